The van der Waals surface area contributed by atoms with Gasteiger partial charge in [-0.1, -0.05) is 48.5 Å². The molecule has 2 aromatic heterocycles. The molecule has 0 bridgehead atoms. The zero-order chi connectivity index (χ0) is 20.9. The number of hydrogen-bond donors (Lipinski definition) is 0. The van der Waals surface area contributed by atoms with Crippen LogP contribution in [0.4, 0.5) is 0 Å². The van der Waals surface area contributed by atoms with Crippen LogP contribution in [-0.4, -0.2) is 10.4 Å². The Morgan fingerprint density at radius 1 is 1.07 bits per heavy atom. The van der Waals surface area contributed by atoms with Gasteiger partial charge in [-0.25, -0.2) is 0 Å². The number of benzene rings is 2. The fourth-order valence-corrected chi connectivity index (χ4v) is 3.94. The molecule has 0 saturated heterocycles. The minimum Gasteiger partial charge on any atom is -0.488 e. The zero-order valence-electron chi connectivity index (χ0n) is 16.3. The van der Waals surface area contributed by atoms with Crippen LogP contribution in [0.5, 0.6) is 5.75 Å². The van der Waals surface area contributed by atoms with Gasteiger partial charge in [0, 0.05) is 18.7 Å². The molecule has 30 heavy (non-hydrogen) atoms. The summed E-state index contributed by atoms with van der Waals surface area (Å²) in [5.41, 5.74) is 1.69. The van der Waals surface area contributed by atoms with Crippen molar-refractivity contribution in [2.75, 3.05) is 0 Å². The molecule has 6 heteroatoms. The normalized spacial score (nSPS) is 12.3. The molecule has 150 valence electrons. The maximum absolute atomic E-state index is 12.7. The van der Waals surface area contributed by atoms with Crippen LogP contribution in [-0.2, 0) is 13.7 Å². The van der Waals surface area contributed by atoms with Crippen molar-refractivity contribution in [1.29, 1.82) is 0 Å². The van der Waals surface area contributed by atoms with Gasteiger partial charge in [0.1, 0.15) is 17.0 Å². The Balaban J connectivity index is 1.67. The first kappa shape index (κ1) is 19.7. The Hall–Kier alpha value is -3.64. The van der Waals surface area contributed by atoms with Crippen LogP contribution >= 0.6 is 11.3 Å². The van der Waals surface area contributed by atoms with Crippen LogP contribution in [0.1, 0.15) is 21.7 Å². The van der Waals surface area contributed by atoms with Gasteiger partial charge in [-0.05, 0) is 29.8 Å². The zero-order valence-corrected chi connectivity index (χ0v) is 17.1. The van der Waals surface area contributed by atoms with E-state index in [1.165, 1.54) is 28.2 Å². The molecule has 0 N–H and O–H groups in total. The number of para-hydroxylation sites is 1. The van der Waals surface area contributed by atoms with Crippen molar-refractivity contribution in [3.05, 3.63) is 109 Å². The first-order valence-electron chi connectivity index (χ1n) is 9.35. The van der Waals surface area contributed by atoms with Crippen molar-refractivity contribution >= 4 is 29.3 Å². The molecule has 0 radical (unpaired) electrons. The summed E-state index contributed by atoms with van der Waals surface area (Å²) >= 11 is 1.25. The van der Waals surface area contributed by atoms with E-state index in [-0.39, 0.29) is 17.1 Å². The highest BCUT2D eigenvalue weighted by molar-refractivity contribution is 7.07. The maximum Gasteiger partial charge on any atom is 0.268 e. The van der Waals surface area contributed by atoms with Crippen molar-refractivity contribution in [3.63, 3.8) is 0 Å². The van der Waals surface area contributed by atoms with Gasteiger partial charge in [-0.2, -0.15) is 0 Å². The van der Waals surface area contributed by atoms with E-state index < -0.39 is 0 Å². The molecule has 0 aliphatic heterocycles. The van der Waals surface area contributed by atoms with E-state index in [0.29, 0.717) is 21.6 Å². The third kappa shape index (κ3) is 4.34. The second-order valence-electron chi connectivity index (χ2n) is 6.61. The molecule has 2 aromatic carbocycles. The van der Waals surface area contributed by atoms with E-state index in [9.17, 15) is 9.59 Å². The van der Waals surface area contributed by atoms with Gasteiger partial charge in [0.25, 0.3) is 5.56 Å². The minimum atomic E-state index is -0.282. The van der Waals surface area contributed by atoms with Crippen LogP contribution in [0.3, 0.4) is 0 Å². The van der Waals surface area contributed by atoms with E-state index in [1.807, 2.05) is 54.6 Å². The van der Waals surface area contributed by atoms with E-state index in [2.05, 4.69) is 0 Å². The number of hydrogen-bond acceptors (Lipinski definition) is 5. The SMILES string of the molecule is Cn1c(=CC(=O)c2ccco2)sc(=Cc2ccccc2OCc2ccccc2)c1=O. The summed E-state index contributed by atoms with van der Waals surface area (Å²) in [5, 5.41) is 0. The lowest BCUT2D eigenvalue weighted by atomic mass is 10.2. The van der Waals surface area contributed by atoms with Crippen LogP contribution in [0, 0.1) is 0 Å². The summed E-state index contributed by atoms with van der Waals surface area (Å²) in [4.78, 5) is 25.0. The molecule has 0 spiro atoms. The van der Waals surface area contributed by atoms with Gasteiger partial charge in [-0.15, -0.1) is 11.3 Å². The summed E-state index contributed by atoms with van der Waals surface area (Å²) in [6, 6.07) is 20.7. The predicted octanol–water partition coefficient (Wildman–Crippen LogP) is 3.11. The van der Waals surface area contributed by atoms with E-state index in [4.69, 9.17) is 9.15 Å². The molecule has 4 rings (SSSR count). The number of carbonyl (C=O) groups excluding carboxylic acids is 1. The van der Waals surface area contributed by atoms with Gasteiger partial charge in [0.15, 0.2) is 5.76 Å². The molecule has 5 nitrogen and oxygen atoms in total. The van der Waals surface area contributed by atoms with Crippen LogP contribution in [0.25, 0.3) is 12.2 Å². The Bertz CT molecular complexity index is 1330. The molecule has 0 aliphatic rings. The van der Waals surface area contributed by atoms with Crippen LogP contribution in [0.15, 0.2) is 82.2 Å². The standard InChI is InChI=1S/C24H19NO4S/c1-25-23(15-19(26)21-12-7-13-28-21)30-22(24(25)27)14-18-10-5-6-11-20(18)29-16-17-8-3-2-4-9-17/h2-15H,16H2,1H3. The van der Waals surface area contributed by atoms with Crippen molar-refractivity contribution in [1.82, 2.24) is 4.57 Å². The number of thiazole rings is 1. The average molecular weight is 417 g/mol. The predicted molar refractivity (Wildman–Crippen MR) is 117 cm³/mol. The molecular formula is C24H19NO4S. The molecular weight excluding hydrogens is 398 g/mol. The highest BCUT2D eigenvalue weighted by Gasteiger charge is 2.08. The molecule has 0 fully saturated rings. The van der Waals surface area contributed by atoms with E-state index >= 15 is 0 Å². The van der Waals surface area contributed by atoms with Crippen LogP contribution in [0.2, 0.25) is 0 Å². The summed E-state index contributed by atoms with van der Waals surface area (Å²) in [6.45, 7) is 0.435. The minimum absolute atomic E-state index is 0.170. The molecule has 0 aliphatic carbocycles. The summed E-state index contributed by atoms with van der Waals surface area (Å²) in [5.74, 6) is 0.644. The smallest absolute Gasteiger partial charge is 0.268 e. The summed E-state index contributed by atoms with van der Waals surface area (Å²) < 4.78 is 13.6. The molecule has 2 heterocycles. The topological polar surface area (TPSA) is 61.4 Å². The Morgan fingerprint density at radius 3 is 2.60 bits per heavy atom. The molecule has 0 atom stereocenters. The highest BCUT2D eigenvalue weighted by atomic mass is 32.1. The van der Waals surface area contributed by atoms with Crippen molar-refractivity contribution in [2.24, 2.45) is 7.05 Å². The number of aromatic nitrogens is 1. The van der Waals surface area contributed by atoms with Gasteiger partial charge in [0.2, 0.25) is 5.78 Å². The number of rotatable bonds is 6. The fraction of sp³-hybridized carbons (Fsp3) is 0.0833. The number of Topliss-reactive ketones (excluding diaryl/α,β-unsaturated/α-hetero) is 1. The number of nitrogens with zero attached hydrogens (tertiary/aromatic N) is 1. The van der Waals surface area contributed by atoms with Crippen molar-refractivity contribution in [2.45, 2.75) is 6.61 Å². The molecule has 4 aromatic rings. The Morgan fingerprint density at radius 2 is 1.83 bits per heavy atom. The quantitative estimate of drug-likeness (QED) is 0.452. The maximum atomic E-state index is 12.7. The fourth-order valence-electron chi connectivity index (χ4n) is 2.92. The first-order chi connectivity index (χ1) is 14.6. The van der Waals surface area contributed by atoms with Gasteiger partial charge in [-0.3, -0.25) is 9.59 Å². The number of ketones is 1. The van der Waals surface area contributed by atoms with Crippen molar-refractivity contribution < 1.29 is 13.9 Å². The first-order valence-corrected chi connectivity index (χ1v) is 10.2. The van der Waals surface area contributed by atoms with Gasteiger partial charge >= 0.3 is 0 Å². The lowest BCUT2D eigenvalue weighted by Gasteiger charge is -2.08. The monoisotopic (exact) mass is 417 g/mol. The van der Waals surface area contributed by atoms with Crippen molar-refractivity contribution in [3.8, 4) is 5.75 Å². The second kappa shape index (κ2) is 8.80. The van der Waals surface area contributed by atoms with E-state index in [0.717, 1.165) is 11.1 Å². The molecule has 0 amide bonds. The highest BCUT2D eigenvalue weighted by Crippen LogP contribution is 2.20. The molecule has 0 saturated carbocycles. The lowest BCUT2D eigenvalue weighted by Crippen LogP contribution is -2.29. The number of furan rings is 1. The number of carbonyl (C=O) groups is 1. The van der Waals surface area contributed by atoms with Gasteiger partial charge < -0.3 is 13.7 Å². The summed E-state index contributed by atoms with van der Waals surface area (Å²) in [6.07, 6.45) is 4.65. The molecule has 0 unspecified atom stereocenters. The lowest BCUT2D eigenvalue weighted by molar-refractivity contribution is 0.103. The second-order valence-corrected chi connectivity index (χ2v) is 7.67. The summed E-state index contributed by atoms with van der Waals surface area (Å²) in [7, 11) is 1.65. The van der Waals surface area contributed by atoms with Crippen LogP contribution < -0.4 is 19.5 Å². The largest absolute Gasteiger partial charge is 0.488 e. The third-order valence-corrected chi connectivity index (χ3v) is 5.64. The third-order valence-electron chi connectivity index (χ3n) is 4.52. The van der Waals surface area contributed by atoms with Gasteiger partial charge in [0.05, 0.1) is 10.8 Å². The average Bonchev–Trinajstić information content (AvgIpc) is 3.40. The number of ether oxygens (including phenoxy) is 1. The Labute approximate surface area is 176 Å². The Kier molecular flexibility index (Phi) is 5.77. The van der Waals surface area contributed by atoms with E-state index in [1.54, 1.807) is 25.3 Å².